The van der Waals surface area contributed by atoms with Crippen LogP contribution in [0.4, 0.5) is 0 Å². The molecule has 5 heteroatoms. The minimum atomic E-state index is -0.205. The highest BCUT2D eigenvalue weighted by Gasteiger charge is 2.32. The highest BCUT2D eigenvalue weighted by atomic mass is 32.1. The fourth-order valence-corrected chi connectivity index (χ4v) is 2.77. The number of rotatable bonds is 4. The Morgan fingerprint density at radius 1 is 1.32 bits per heavy atom. The summed E-state index contributed by atoms with van der Waals surface area (Å²) in [6, 6.07) is 5.32. The van der Waals surface area contributed by atoms with Gasteiger partial charge in [-0.15, -0.1) is 11.3 Å². The SMILES string of the molecule is COc1cc2sc(C=O)cc2cc1OC(=O)C1CC1. The maximum atomic E-state index is 11.7. The number of esters is 1. The van der Waals surface area contributed by atoms with Crippen LogP contribution in [0.15, 0.2) is 18.2 Å². The molecule has 1 saturated carbocycles. The molecule has 1 aromatic carbocycles. The molecule has 0 saturated heterocycles. The van der Waals surface area contributed by atoms with Gasteiger partial charge in [0.2, 0.25) is 0 Å². The minimum Gasteiger partial charge on any atom is -0.493 e. The van der Waals surface area contributed by atoms with E-state index < -0.39 is 0 Å². The molecule has 3 rings (SSSR count). The molecule has 0 bridgehead atoms. The molecule has 0 atom stereocenters. The second-order valence-electron chi connectivity index (χ2n) is 4.50. The number of hydrogen-bond donors (Lipinski definition) is 0. The molecule has 0 radical (unpaired) electrons. The lowest BCUT2D eigenvalue weighted by Gasteiger charge is -2.09. The van der Waals surface area contributed by atoms with E-state index in [1.54, 1.807) is 18.2 Å². The molecule has 1 aromatic heterocycles. The van der Waals surface area contributed by atoms with Crippen molar-refractivity contribution in [2.24, 2.45) is 5.92 Å². The zero-order valence-corrected chi connectivity index (χ0v) is 11.2. The van der Waals surface area contributed by atoms with Crippen molar-refractivity contribution in [3.63, 3.8) is 0 Å². The third-order valence-corrected chi connectivity index (χ3v) is 4.08. The normalized spacial score (nSPS) is 14.4. The molecular formula is C14H12O4S. The van der Waals surface area contributed by atoms with E-state index in [0.29, 0.717) is 16.4 Å². The third-order valence-electron chi connectivity index (χ3n) is 3.06. The van der Waals surface area contributed by atoms with Crippen LogP contribution in [0.1, 0.15) is 22.5 Å². The Bertz CT molecular complexity index is 655. The lowest BCUT2D eigenvalue weighted by molar-refractivity contribution is -0.135. The van der Waals surface area contributed by atoms with Gasteiger partial charge in [-0.2, -0.15) is 0 Å². The maximum absolute atomic E-state index is 11.7. The summed E-state index contributed by atoms with van der Waals surface area (Å²) in [5.74, 6) is 0.764. The smallest absolute Gasteiger partial charge is 0.314 e. The van der Waals surface area contributed by atoms with Gasteiger partial charge in [0.15, 0.2) is 17.8 Å². The first-order valence-electron chi connectivity index (χ1n) is 5.99. The van der Waals surface area contributed by atoms with Gasteiger partial charge in [0.25, 0.3) is 0 Å². The van der Waals surface area contributed by atoms with Gasteiger partial charge in [-0.1, -0.05) is 0 Å². The number of aldehydes is 1. The average molecular weight is 276 g/mol. The van der Waals surface area contributed by atoms with Gasteiger partial charge in [-0.05, 0) is 30.4 Å². The summed E-state index contributed by atoms with van der Waals surface area (Å²) >= 11 is 1.38. The van der Waals surface area contributed by atoms with E-state index >= 15 is 0 Å². The topological polar surface area (TPSA) is 52.6 Å². The van der Waals surface area contributed by atoms with Gasteiger partial charge < -0.3 is 9.47 Å². The summed E-state index contributed by atoms with van der Waals surface area (Å²) in [6.45, 7) is 0. The Morgan fingerprint density at radius 2 is 2.11 bits per heavy atom. The Labute approximate surface area is 113 Å². The largest absolute Gasteiger partial charge is 0.493 e. The third kappa shape index (κ3) is 2.33. The zero-order valence-electron chi connectivity index (χ0n) is 10.3. The van der Waals surface area contributed by atoms with E-state index in [4.69, 9.17) is 9.47 Å². The molecule has 0 spiro atoms. The van der Waals surface area contributed by atoms with Crippen LogP contribution in [0.2, 0.25) is 0 Å². The van der Waals surface area contributed by atoms with Crippen LogP contribution in [0, 0.1) is 5.92 Å². The Morgan fingerprint density at radius 3 is 2.74 bits per heavy atom. The monoisotopic (exact) mass is 276 g/mol. The van der Waals surface area contributed by atoms with Crippen LogP contribution >= 0.6 is 11.3 Å². The number of fused-ring (bicyclic) bond motifs is 1. The van der Waals surface area contributed by atoms with Crippen molar-refractivity contribution in [1.82, 2.24) is 0 Å². The maximum Gasteiger partial charge on any atom is 0.314 e. The number of ether oxygens (including phenoxy) is 2. The molecule has 1 aliphatic carbocycles. The number of thiophene rings is 1. The number of methoxy groups -OCH3 is 1. The molecule has 19 heavy (non-hydrogen) atoms. The number of carbonyl (C=O) groups excluding carboxylic acids is 2. The Hall–Kier alpha value is -1.88. The summed E-state index contributed by atoms with van der Waals surface area (Å²) in [5, 5.41) is 0.881. The first-order chi connectivity index (χ1) is 9.21. The lowest BCUT2D eigenvalue weighted by atomic mass is 10.2. The first kappa shape index (κ1) is 12.2. The van der Waals surface area contributed by atoms with Gasteiger partial charge in [0, 0.05) is 10.8 Å². The Kier molecular flexibility index (Phi) is 2.98. The number of carbonyl (C=O) groups is 2. The fourth-order valence-electron chi connectivity index (χ4n) is 1.88. The minimum absolute atomic E-state index is 0.0356. The van der Waals surface area contributed by atoms with Crippen LogP contribution in [0.3, 0.4) is 0 Å². The van der Waals surface area contributed by atoms with E-state index in [1.165, 1.54) is 18.4 Å². The predicted molar refractivity (Wildman–Crippen MR) is 72.1 cm³/mol. The van der Waals surface area contributed by atoms with Crippen LogP contribution in [0.25, 0.3) is 10.1 Å². The van der Waals surface area contributed by atoms with Crippen molar-refractivity contribution >= 4 is 33.7 Å². The van der Waals surface area contributed by atoms with Crippen LogP contribution in [-0.2, 0) is 4.79 Å². The number of hydrogen-bond acceptors (Lipinski definition) is 5. The molecule has 0 aliphatic heterocycles. The van der Waals surface area contributed by atoms with Crippen molar-refractivity contribution in [3.8, 4) is 11.5 Å². The van der Waals surface area contributed by atoms with Crippen molar-refractivity contribution in [2.45, 2.75) is 12.8 Å². The van der Waals surface area contributed by atoms with E-state index in [0.717, 1.165) is 29.2 Å². The molecule has 1 heterocycles. The van der Waals surface area contributed by atoms with E-state index in [2.05, 4.69) is 0 Å². The van der Waals surface area contributed by atoms with Gasteiger partial charge in [0.1, 0.15) is 0 Å². The van der Waals surface area contributed by atoms with Crippen LogP contribution in [-0.4, -0.2) is 19.4 Å². The van der Waals surface area contributed by atoms with Crippen molar-refractivity contribution in [3.05, 3.63) is 23.1 Å². The Balaban J connectivity index is 2.00. The molecule has 1 aliphatic rings. The quantitative estimate of drug-likeness (QED) is 0.489. The molecular weight excluding hydrogens is 264 g/mol. The van der Waals surface area contributed by atoms with Gasteiger partial charge in [-0.3, -0.25) is 9.59 Å². The highest BCUT2D eigenvalue weighted by Crippen LogP contribution is 2.38. The molecule has 2 aromatic rings. The van der Waals surface area contributed by atoms with Gasteiger partial charge in [0.05, 0.1) is 17.9 Å². The molecule has 0 amide bonds. The molecule has 4 nitrogen and oxygen atoms in total. The predicted octanol–water partition coefficient (Wildman–Crippen LogP) is 3.04. The lowest BCUT2D eigenvalue weighted by Crippen LogP contribution is -2.10. The summed E-state index contributed by atoms with van der Waals surface area (Å²) in [6.07, 6.45) is 2.61. The van der Waals surface area contributed by atoms with E-state index in [-0.39, 0.29) is 11.9 Å². The molecule has 0 unspecified atom stereocenters. The molecule has 0 N–H and O–H groups in total. The average Bonchev–Trinajstić information content (AvgIpc) is 3.18. The summed E-state index contributed by atoms with van der Waals surface area (Å²) in [7, 11) is 1.53. The second-order valence-corrected chi connectivity index (χ2v) is 5.62. The van der Waals surface area contributed by atoms with Crippen molar-refractivity contribution < 1.29 is 19.1 Å². The van der Waals surface area contributed by atoms with Gasteiger partial charge in [-0.25, -0.2) is 0 Å². The first-order valence-corrected chi connectivity index (χ1v) is 6.81. The second kappa shape index (κ2) is 4.66. The van der Waals surface area contributed by atoms with Crippen LogP contribution < -0.4 is 9.47 Å². The van der Waals surface area contributed by atoms with E-state index in [1.807, 2.05) is 0 Å². The zero-order chi connectivity index (χ0) is 13.4. The van der Waals surface area contributed by atoms with Gasteiger partial charge >= 0.3 is 5.97 Å². The highest BCUT2D eigenvalue weighted by molar-refractivity contribution is 7.20. The van der Waals surface area contributed by atoms with Crippen molar-refractivity contribution in [2.75, 3.05) is 7.11 Å². The van der Waals surface area contributed by atoms with Crippen molar-refractivity contribution in [1.29, 1.82) is 0 Å². The van der Waals surface area contributed by atoms with Crippen LogP contribution in [0.5, 0.6) is 11.5 Å². The van der Waals surface area contributed by atoms with E-state index in [9.17, 15) is 9.59 Å². The standard InChI is InChI=1S/C14H12O4S/c1-17-11-6-13-9(4-10(7-15)19-13)5-12(11)18-14(16)8-2-3-8/h4-8H,2-3H2,1H3. The summed E-state index contributed by atoms with van der Waals surface area (Å²) in [5.41, 5.74) is 0. The number of benzene rings is 1. The fraction of sp³-hybridized carbons (Fsp3) is 0.286. The molecule has 1 fully saturated rings. The molecule has 98 valence electrons. The summed E-state index contributed by atoms with van der Waals surface area (Å²) < 4.78 is 11.5. The summed E-state index contributed by atoms with van der Waals surface area (Å²) in [4.78, 5) is 23.1.